The molecule has 0 spiro atoms. The van der Waals surface area contributed by atoms with Crippen molar-refractivity contribution in [3.63, 3.8) is 0 Å². The van der Waals surface area contributed by atoms with Crippen LogP contribution in [-0.4, -0.2) is 40.3 Å². The molecule has 5 heteroatoms. The van der Waals surface area contributed by atoms with Crippen molar-refractivity contribution in [1.29, 1.82) is 0 Å². The van der Waals surface area contributed by atoms with Crippen molar-refractivity contribution in [3.05, 3.63) is 53.9 Å². The van der Waals surface area contributed by atoms with Crippen LogP contribution in [0.3, 0.4) is 0 Å². The maximum absolute atomic E-state index is 12.7. The van der Waals surface area contributed by atoms with E-state index in [1.165, 1.54) is 5.56 Å². The molecule has 0 N–H and O–H groups in total. The second-order valence-electron chi connectivity index (χ2n) is 7.75. The Balaban J connectivity index is 1.49. The van der Waals surface area contributed by atoms with Crippen LogP contribution in [-0.2, 0) is 16.9 Å². The van der Waals surface area contributed by atoms with E-state index in [1.807, 2.05) is 34.0 Å². The first-order valence-electron chi connectivity index (χ1n) is 8.89. The summed E-state index contributed by atoms with van der Waals surface area (Å²) in [5.41, 5.74) is 1.74. The van der Waals surface area contributed by atoms with Crippen molar-refractivity contribution in [2.75, 3.05) is 19.7 Å². The fourth-order valence-electron chi connectivity index (χ4n) is 3.05. The summed E-state index contributed by atoms with van der Waals surface area (Å²) in [4.78, 5) is 14.6. The zero-order valence-corrected chi connectivity index (χ0v) is 15.3. The quantitative estimate of drug-likeness (QED) is 0.838. The number of carbonyl (C=O) groups excluding carboxylic acids is 1. The van der Waals surface area contributed by atoms with E-state index in [0.29, 0.717) is 24.7 Å². The Morgan fingerprint density at radius 2 is 2.04 bits per heavy atom. The number of benzene rings is 1. The Bertz CT molecular complexity index is 703. The average Bonchev–Trinajstić information content (AvgIpc) is 3.24. The lowest BCUT2D eigenvalue weighted by molar-refractivity contribution is 0.0733. The van der Waals surface area contributed by atoms with Crippen LogP contribution in [0.1, 0.15) is 43.1 Å². The highest BCUT2D eigenvalue weighted by Crippen LogP contribution is 2.20. The minimum atomic E-state index is -0.114. The highest BCUT2D eigenvalue weighted by molar-refractivity contribution is 5.93. The van der Waals surface area contributed by atoms with E-state index in [-0.39, 0.29) is 11.4 Å². The molecule has 1 aliphatic heterocycles. The summed E-state index contributed by atoms with van der Waals surface area (Å²) >= 11 is 0. The molecule has 1 amide bonds. The lowest BCUT2D eigenvalue weighted by Crippen LogP contribution is -2.29. The van der Waals surface area contributed by atoms with E-state index in [1.54, 1.807) is 6.20 Å². The molecule has 134 valence electrons. The van der Waals surface area contributed by atoms with Gasteiger partial charge >= 0.3 is 0 Å². The average molecular weight is 341 g/mol. The van der Waals surface area contributed by atoms with Crippen molar-refractivity contribution < 1.29 is 9.53 Å². The van der Waals surface area contributed by atoms with Crippen molar-refractivity contribution in [2.24, 2.45) is 5.92 Å². The third-order valence-electron chi connectivity index (χ3n) is 4.56. The number of carbonyl (C=O) groups is 1. The summed E-state index contributed by atoms with van der Waals surface area (Å²) in [5.74, 6) is 0.478. The fraction of sp³-hybridized carbons (Fsp3) is 0.500. The molecule has 1 aromatic carbocycles. The molecule has 0 aliphatic carbocycles. The number of amides is 1. The molecule has 1 saturated heterocycles. The Morgan fingerprint density at radius 1 is 1.28 bits per heavy atom. The Morgan fingerprint density at radius 3 is 2.72 bits per heavy atom. The zero-order valence-electron chi connectivity index (χ0n) is 15.3. The molecule has 2 aromatic rings. The summed E-state index contributed by atoms with van der Waals surface area (Å²) in [7, 11) is 0. The van der Waals surface area contributed by atoms with E-state index in [2.05, 4.69) is 38.0 Å². The molecule has 25 heavy (non-hydrogen) atoms. The molecule has 0 radical (unpaired) electrons. The number of nitrogens with zero attached hydrogens (tertiary/aromatic N) is 3. The molecule has 1 unspecified atom stereocenters. The standard InChI is InChI=1S/C20H27N3O2/c1-20(2,3)23-13-18(11-21-23)19(24)22-10-9-17(12-22)15-25-14-16-7-5-4-6-8-16/h4-8,11,13,17H,9-10,12,14-15H2,1-3H3. The van der Waals surface area contributed by atoms with Crippen molar-refractivity contribution in [1.82, 2.24) is 14.7 Å². The van der Waals surface area contributed by atoms with Crippen LogP contribution >= 0.6 is 0 Å². The number of aromatic nitrogens is 2. The van der Waals surface area contributed by atoms with Crippen molar-refractivity contribution in [2.45, 2.75) is 39.3 Å². The van der Waals surface area contributed by atoms with E-state index in [9.17, 15) is 4.79 Å². The first kappa shape index (κ1) is 17.7. The monoisotopic (exact) mass is 341 g/mol. The van der Waals surface area contributed by atoms with Crippen LogP contribution in [0.2, 0.25) is 0 Å². The van der Waals surface area contributed by atoms with E-state index in [0.717, 1.165) is 19.5 Å². The number of likely N-dealkylation sites (tertiary alicyclic amines) is 1. The minimum Gasteiger partial charge on any atom is -0.376 e. The third-order valence-corrected chi connectivity index (χ3v) is 4.56. The van der Waals surface area contributed by atoms with Gasteiger partial charge in [-0.1, -0.05) is 30.3 Å². The lowest BCUT2D eigenvalue weighted by Gasteiger charge is -2.19. The van der Waals surface area contributed by atoms with Gasteiger partial charge in [0, 0.05) is 25.2 Å². The molecule has 0 bridgehead atoms. The number of rotatable bonds is 5. The predicted molar refractivity (Wildman–Crippen MR) is 97.3 cm³/mol. The van der Waals surface area contributed by atoms with Crippen LogP contribution < -0.4 is 0 Å². The summed E-state index contributed by atoms with van der Waals surface area (Å²) in [5, 5.41) is 4.33. The number of hydrogen-bond donors (Lipinski definition) is 0. The van der Waals surface area contributed by atoms with Crippen LogP contribution in [0.4, 0.5) is 0 Å². The molecule has 3 rings (SSSR count). The van der Waals surface area contributed by atoms with Gasteiger partial charge in [-0.2, -0.15) is 5.10 Å². The van der Waals surface area contributed by atoms with Gasteiger partial charge in [0.25, 0.3) is 5.91 Å². The zero-order chi connectivity index (χ0) is 17.9. The minimum absolute atomic E-state index is 0.0704. The van der Waals surface area contributed by atoms with Crippen LogP contribution in [0.5, 0.6) is 0 Å². The van der Waals surface area contributed by atoms with Gasteiger partial charge in [0.05, 0.1) is 30.5 Å². The second-order valence-corrected chi connectivity index (χ2v) is 7.75. The molecular weight excluding hydrogens is 314 g/mol. The van der Waals surface area contributed by atoms with Gasteiger partial charge in [-0.15, -0.1) is 0 Å². The smallest absolute Gasteiger partial charge is 0.257 e. The maximum atomic E-state index is 12.7. The Hall–Kier alpha value is -2.14. The van der Waals surface area contributed by atoms with Gasteiger partial charge in [0.15, 0.2) is 0 Å². The van der Waals surface area contributed by atoms with E-state index < -0.39 is 0 Å². The second kappa shape index (κ2) is 7.40. The molecule has 1 atom stereocenters. The molecule has 5 nitrogen and oxygen atoms in total. The fourth-order valence-corrected chi connectivity index (χ4v) is 3.05. The Labute approximate surface area is 149 Å². The van der Waals surface area contributed by atoms with Crippen LogP contribution in [0, 0.1) is 5.92 Å². The maximum Gasteiger partial charge on any atom is 0.257 e. The normalized spacial score (nSPS) is 17.9. The molecule has 2 heterocycles. The predicted octanol–water partition coefficient (Wildman–Crippen LogP) is 3.32. The summed E-state index contributed by atoms with van der Waals surface area (Å²) < 4.78 is 7.68. The van der Waals surface area contributed by atoms with Gasteiger partial charge in [-0.25, -0.2) is 0 Å². The SMILES string of the molecule is CC(C)(C)n1cc(C(=O)N2CCC(COCc3ccccc3)C2)cn1. The van der Waals surface area contributed by atoms with E-state index >= 15 is 0 Å². The highest BCUT2D eigenvalue weighted by Gasteiger charge is 2.28. The summed E-state index contributed by atoms with van der Waals surface area (Å²) in [6.45, 7) is 9.09. The molecule has 0 saturated carbocycles. The van der Waals surface area contributed by atoms with Gasteiger partial charge in [-0.3, -0.25) is 9.48 Å². The summed E-state index contributed by atoms with van der Waals surface area (Å²) in [6, 6.07) is 10.2. The molecule has 1 fully saturated rings. The first-order chi connectivity index (χ1) is 11.9. The molecule has 1 aromatic heterocycles. The highest BCUT2D eigenvalue weighted by atomic mass is 16.5. The molecule has 1 aliphatic rings. The van der Waals surface area contributed by atoms with Gasteiger partial charge < -0.3 is 9.64 Å². The van der Waals surface area contributed by atoms with Crippen LogP contribution in [0.25, 0.3) is 0 Å². The van der Waals surface area contributed by atoms with Crippen molar-refractivity contribution >= 4 is 5.91 Å². The first-order valence-corrected chi connectivity index (χ1v) is 8.89. The van der Waals surface area contributed by atoms with Crippen molar-refractivity contribution in [3.8, 4) is 0 Å². The molecular formula is C20H27N3O2. The third kappa shape index (κ3) is 4.48. The Kier molecular flexibility index (Phi) is 5.23. The largest absolute Gasteiger partial charge is 0.376 e. The summed E-state index contributed by atoms with van der Waals surface area (Å²) in [6.07, 6.45) is 4.52. The topological polar surface area (TPSA) is 47.4 Å². The van der Waals surface area contributed by atoms with Gasteiger partial charge in [0.1, 0.15) is 0 Å². The van der Waals surface area contributed by atoms with E-state index in [4.69, 9.17) is 4.74 Å². The number of ether oxygens (including phenoxy) is 1. The van der Waals surface area contributed by atoms with Gasteiger partial charge in [-0.05, 0) is 32.8 Å². The van der Waals surface area contributed by atoms with Gasteiger partial charge in [0.2, 0.25) is 0 Å². The number of hydrogen-bond acceptors (Lipinski definition) is 3. The lowest BCUT2D eigenvalue weighted by atomic mass is 10.1. The van der Waals surface area contributed by atoms with Crippen LogP contribution in [0.15, 0.2) is 42.7 Å².